The number of carbonyl (C=O) groups is 2. The number of nitrogens with one attached hydrogen (secondary N) is 1. The normalized spacial score (nSPS) is 17.4. The van der Waals surface area contributed by atoms with Crippen LogP contribution in [-0.2, 0) is 16.0 Å². The van der Waals surface area contributed by atoms with E-state index in [4.69, 9.17) is 4.74 Å². The Balaban J connectivity index is 1.63. The summed E-state index contributed by atoms with van der Waals surface area (Å²) in [6.07, 6.45) is 0.999. The van der Waals surface area contributed by atoms with Crippen LogP contribution in [0.25, 0.3) is 0 Å². The van der Waals surface area contributed by atoms with Crippen LogP contribution in [0.4, 0.5) is 5.69 Å². The summed E-state index contributed by atoms with van der Waals surface area (Å²) in [6.45, 7) is 6.22. The molecule has 30 heavy (non-hydrogen) atoms. The molecule has 0 saturated carbocycles. The second kappa shape index (κ2) is 10.9. The molecular weight excluding hydrogens is 378 g/mol. The van der Waals surface area contributed by atoms with Crippen molar-refractivity contribution < 1.29 is 14.3 Å². The minimum atomic E-state index is -0.125. The summed E-state index contributed by atoms with van der Waals surface area (Å²) in [4.78, 5) is 28.7. The van der Waals surface area contributed by atoms with E-state index < -0.39 is 0 Å². The van der Waals surface area contributed by atoms with Crippen LogP contribution < -0.4 is 5.32 Å². The van der Waals surface area contributed by atoms with Crippen LogP contribution in [0.2, 0.25) is 0 Å². The van der Waals surface area contributed by atoms with Gasteiger partial charge >= 0.3 is 0 Å². The van der Waals surface area contributed by atoms with Crippen LogP contribution in [0, 0.1) is 5.92 Å². The van der Waals surface area contributed by atoms with Gasteiger partial charge in [-0.1, -0.05) is 30.3 Å². The molecule has 1 aliphatic heterocycles. The second-order valence-corrected chi connectivity index (χ2v) is 7.87. The lowest BCUT2D eigenvalue weighted by atomic mass is 10.1. The van der Waals surface area contributed by atoms with Gasteiger partial charge in [0.15, 0.2) is 0 Å². The lowest BCUT2D eigenvalue weighted by Crippen LogP contribution is -2.37. The number of hydrogen-bond donors (Lipinski definition) is 1. The summed E-state index contributed by atoms with van der Waals surface area (Å²) in [7, 11) is 1.71. The Morgan fingerprint density at radius 1 is 1.03 bits per heavy atom. The van der Waals surface area contributed by atoms with Gasteiger partial charge in [-0.25, -0.2) is 0 Å². The number of methoxy groups -OCH3 is 1. The smallest absolute Gasteiger partial charge is 0.253 e. The third-order valence-corrected chi connectivity index (χ3v) is 5.38. The molecule has 1 N–H and O–H groups in total. The number of hydrogen-bond acceptors (Lipinski definition) is 4. The van der Waals surface area contributed by atoms with Crippen molar-refractivity contribution in [3.63, 3.8) is 0 Å². The molecule has 6 heteroatoms. The molecule has 2 aromatic rings. The molecular formula is C24H31N3O3. The summed E-state index contributed by atoms with van der Waals surface area (Å²) < 4.78 is 5.43. The van der Waals surface area contributed by atoms with E-state index in [2.05, 4.69) is 34.5 Å². The van der Waals surface area contributed by atoms with Gasteiger partial charge in [0.2, 0.25) is 5.91 Å². The molecule has 0 spiro atoms. The Morgan fingerprint density at radius 2 is 1.77 bits per heavy atom. The van der Waals surface area contributed by atoms with E-state index in [9.17, 15) is 9.59 Å². The second-order valence-electron chi connectivity index (χ2n) is 7.87. The number of rotatable bonds is 7. The Morgan fingerprint density at radius 3 is 2.43 bits per heavy atom. The van der Waals surface area contributed by atoms with Gasteiger partial charge in [0.1, 0.15) is 0 Å². The van der Waals surface area contributed by atoms with Gasteiger partial charge in [-0.2, -0.15) is 0 Å². The summed E-state index contributed by atoms with van der Waals surface area (Å²) in [5, 5.41) is 2.73. The van der Waals surface area contributed by atoms with Gasteiger partial charge in [-0.15, -0.1) is 0 Å². The first-order valence-corrected chi connectivity index (χ1v) is 10.5. The predicted molar refractivity (Wildman–Crippen MR) is 119 cm³/mol. The number of ether oxygens (including phenoxy) is 1. The zero-order valence-corrected chi connectivity index (χ0v) is 17.8. The number of carbonyl (C=O) groups excluding carboxylic acids is 2. The molecule has 1 atom stereocenters. The first kappa shape index (κ1) is 22.0. The molecule has 0 radical (unpaired) electrons. The van der Waals surface area contributed by atoms with Gasteiger partial charge in [-0.05, 0) is 36.2 Å². The van der Waals surface area contributed by atoms with E-state index in [0.717, 1.165) is 26.1 Å². The molecule has 0 aliphatic carbocycles. The van der Waals surface area contributed by atoms with Crippen molar-refractivity contribution in [2.75, 3.05) is 51.8 Å². The Labute approximate surface area is 178 Å². The van der Waals surface area contributed by atoms with E-state index in [0.29, 0.717) is 30.9 Å². The minimum absolute atomic E-state index is 0.0235. The molecule has 0 aromatic heterocycles. The average molecular weight is 410 g/mol. The standard InChI is InChI=1S/C24H31N3O3/c1-19(28)25-23-10-8-22(9-11-23)24(29)27-15-14-26(16-21(17-27)18-30-2)13-12-20-6-4-3-5-7-20/h3-11,21H,12-18H2,1-2H3,(H,25,28)/t21-/m0/s1. The maximum atomic E-state index is 13.1. The van der Waals surface area contributed by atoms with Crippen molar-refractivity contribution in [2.45, 2.75) is 13.3 Å². The number of benzene rings is 2. The topological polar surface area (TPSA) is 61.9 Å². The van der Waals surface area contributed by atoms with Crippen molar-refractivity contribution >= 4 is 17.5 Å². The Kier molecular flexibility index (Phi) is 7.99. The highest BCUT2D eigenvalue weighted by molar-refractivity contribution is 5.95. The predicted octanol–water partition coefficient (Wildman–Crippen LogP) is 2.91. The maximum Gasteiger partial charge on any atom is 0.253 e. The largest absolute Gasteiger partial charge is 0.384 e. The average Bonchev–Trinajstić information content (AvgIpc) is 2.95. The first-order valence-electron chi connectivity index (χ1n) is 10.5. The molecule has 1 saturated heterocycles. The zero-order chi connectivity index (χ0) is 21.3. The molecule has 2 amide bonds. The first-order chi connectivity index (χ1) is 14.5. The van der Waals surface area contributed by atoms with Crippen molar-refractivity contribution in [2.24, 2.45) is 5.92 Å². The number of nitrogens with zero attached hydrogens (tertiary/aromatic N) is 2. The molecule has 0 unspecified atom stereocenters. The molecule has 1 aliphatic rings. The summed E-state index contributed by atoms with van der Waals surface area (Å²) in [5.41, 5.74) is 2.66. The summed E-state index contributed by atoms with van der Waals surface area (Å²) >= 11 is 0. The van der Waals surface area contributed by atoms with Gasteiger partial charge in [0.05, 0.1) is 6.61 Å². The van der Waals surface area contributed by atoms with Gasteiger partial charge in [0.25, 0.3) is 5.91 Å². The lowest BCUT2D eigenvalue weighted by molar-refractivity contribution is -0.114. The van der Waals surface area contributed by atoms with Gasteiger partial charge in [0, 0.05) is 63.9 Å². The van der Waals surface area contributed by atoms with Crippen molar-refractivity contribution in [1.82, 2.24) is 9.80 Å². The molecule has 160 valence electrons. The third kappa shape index (κ3) is 6.40. The SMILES string of the molecule is COC[C@H]1CN(CCc2ccccc2)CCN(C(=O)c2ccc(NC(C)=O)cc2)C1. The Bertz CT molecular complexity index is 823. The quantitative estimate of drug-likeness (QED) is 0.764. The molecule has 1 fully saturated rings. The van der Waals surface area contributed by atoms with Crippen LogP contribution >= 0.6 is 0 Å². The van der Waals surface area contributed by atoms with E-state index in [1.165, 1.54) is 12.5 Å². The monoisotopic (exact) mass is 409 g/mol. The van der Waals surface area contributed by atoms with Crippen molar-refractivity contribution in [3.8, 4) is 0 Å². The highest BCUT2D eigenvalue weighted by atomic mass is 16.5. The molecule has 6 nitrogen and oxygen atoms in total. The van der Waals surface area contributed by atoms with E-state index in [1.807, 2.05) is 11.0 Å². The Hall–Kier alpha value is -2.70. The van der Waals surface area contributed by atoms with E-state index >= 15 is 0 Å². The van der Waals surface area contributed by atoms with Crippen LogP contribution in [-0.4, -0.2) is 68.1 Å². The van der Waals surface area contributed by atoms with E-state index in [1.54, 1.807) is 31.4 Å². The maximum absolute atomic E-state index is 13.1. The fourth-order valence-corrected chi connectivity index (χ4v) is 3.92. The van der Waals surface area contributed by atoms with Crippen LogP contribution in [0.1, 0.15) is 22.8 Å². The zero-order valence-electron chi connectivity index (χ0n) is 17.8. The molecule has 1 heterocycles. The molecule has 0 bridgehead atoms. The lowest BCUT2D eigenvalue weighted by Gasteiger charge is -2.24. The fourth-order valence-electron chi connectivity index (χ4n) is 3.92. The molecule has 2 aromatic carbocycles. The van der Waals surface area contributed by atoms with E-state index in [-0.39, 0.29) is 17.7 Å². The highest BCUT2D eigenvalue weighted by Crippen LogP contribution is 2.16. The summed E-state index contributed by atoms with van der Waals surface area (Å²) in [6, 6.07) is 17.6. The number of anilines is 1. The minimum Gasteiger partial charge on any atom is -0.384 e. The third-order valence-electron chi connectivity index (χ3n) is 5.38. The highest BCUT2D eigenvalue weighted by Gasteiger charge is 2.26. The van der Waals surface area contributed by atoms with Crippen LogP contribution in [0.5, 0.6) is 0 Å². The van der Waals surface area contributed by atoms with Crippen LogP contribution in [0.15, 0.2) is 54.6 Å². The van der Waals surface area contributed by atoms with Crippen molar-refractivity contribution in [3.05, 3.63) is 65.7 Å². The summed E-state index contributed by atoms with van der Waals surface area (Å²) in [5.74, 6) is 0.172. The van der Waals surface area contributed by atoms with Crippen LogP contribution in [0.3, 0.4) is 0 Å². The number of amides is 2. The van der Waals surface area contributed by atoms with Gasteiger partial charge in [-0.3, -0.25) is 9.59 Å². The fraction of sp³-hybridized carbons (Fsp3) is 0.417. The van der Waals surface area contributed by atoms with Crippen molar-refractivity contribution in [1.29, 1.82) is 0 Å². The van der Waals surface area contributed by atoms with Gasteiger partial charge < -0.3 is 19.9 Å². The molecule has 3 rings (SSSR count).